The van der Waals surface area contributed by atoms with Gasteiger partial charge < -0.3 is 18.9 Å². The smallest absolute Gasteiger partial charge is 0.338 e. The van der Waals surface area contributed by atoms with Gasteiger partial charge in [-0.2, -0.15) is 0 Å². The molecule has 92 valence electrons. The molecule has 1 aliphatic heterocycles. The minimum absolute atomic E-state index is 0.215. The van der Waals surface area contributed by atoms with Crippen LogP contribution in [0.3, 0.4) is 0 Å². The molecule has 0 radical (unpaired) electrons. The van der Waals surface area contributed by atoms with Crippen molar-refractivity contribution in [2.45, 2.75) is 38.8 Å². The van der Waals surface area contributed by atoms with Crippen molar-refractivity contribution in [1.29, 1.82) is 0 Å². The van der Waals surface area contributed by atoms with Gasteiger partial charge in [0.15, 0.2) is 18.0 Å². The lowest BCUT2D eigenvalue weighted by Crippen LogP contribution is -2.39. The molecule has 0 aromatic rings. The molecule has 2 atom stereocenters. The first kappa shape index (κ1) is 12.9. The van der Waals surface area contributed by atoms with Gasteiger partial charge >= 0.3 is 11.9 Å². The molecule has 0 N–H and O–H groups in total. The fraction of sp³-hybridized carbons (Fsp3) is 0.800. The Balaban J connectivity index is 2.80. The van der Waals surface area contributed by atoms with E-state index < -0.39 is 29.9 Å². The third kappa shape index (κ3) is 2.70. The lowest BCUT2D eigenvalue weighted by molar-refractivity contribution is -0.172. The number of hydrogen-bond donors (Lipinski definition) is 0. The highest BCUT2D eigenvalue weighted by Gasteiger charge is 2.50. The molecule has 0 aliphatic carbocycles. The summed E-state index contributed by atoms with van der Waals surface area (Å²) in [4.78, 5) is 22.9. The standard InChI is InChI=1S/C10H16O6/c1-5-14-9(12)7-6(8(11)13-4)15-10(2,3)16-7/h6-7H,5H2,1-4H3/t6-,7-/m1/s1. The minimum Gasteiger partial charge on any atom is -0.467 e. The van der Waals surface area contributed by atoms with Crippen LogP contribution in [-0.4, -0.2) is 43.7 Å². The molecular weight excluding hydrogens is 216 g/mol. The van der Waals surface area contributed by atoms with Gasteiger partial charge in [-0.05, 0) is 20.8 Å². The molecule has 1 aliphatic rings. The van der Waals surface area contributed by atoms with Gasteiger partial charge in [0, 0.05) is 0 Å². The SMILES string of the molecule is CCOC(=O)[C@@H]1OC(C)(C)O[C@H]1C(=O)OC. The number of esters is 2. The quantitative estimate of drug-likeness (QED) is 0.649. The number of ether oxygens (including phenoxy) is 4. The second kappa shape index (κ2) is 4.80. The molecule has 6 nitrogen and oxygen atoms in total. The molecule has 0 aromatic heterocycles. The van der Waals surface area contributed by atoms with Crippen LogP contribution in [0.25, 0.3) is 0 Å². The molecule has 0 saturated carbocycles. The molecule has 0 amide bonds. The summed E-state index contributed by atoms with van der Waals surface area (Å²) in [6.45, 7) is 5.11. The Morgan fingerprint density at radius 1 is 1.19 bits per heavy atom. The van der Waals surface area contributed by atoms with Crippen LogP contribution in [0.15, 0.2) is 0 Å². The van der Waals surface area contributed by atoms with Gasteiger partial charge in [-0.25, -0.2) is 9.59 Å². The number of rotatable bonds is 3. The summed E-state index contributed by atoms with van der Waals surface area (Å²) < 4.78 is 19.9. The van der Waals surface area contributed by atoms with Crippen LogP contribution < -0.4 is 0 Å². The molecular formula is C10H16O6. The summed E-state index contributed by atoms with van der Waals surface area (Å²) in [6, 6.07) is 0. The first-order valence-electron chi connectivity index (χ1n) is 5.01. The highest BCUT2D eigenvalue weighted by Crippen LogP contribution is 2.29. The molecule has 6 heteroatoms. The maximum Gasteiger partial charge on any atom is 0.338 e. The summed E-state index contributed by atoms with van der Waals surface area (Å²) in [5, 5.41) is 0. The molecule has 0 unspecified atom stereocenters. The number of carbonyl (C=O) groups is 2. The van der Waals surface area contributed by atoms with Gasteiger partial charge in [0.05, 0.1) is 13.7 Å². The van der Waals surface area contributed by atoms with Gasteiger partial charge in [-0.1, -0.05) is 0 Å². The Kier molecular flexibility index (Phi) is 3.88. The third-order valence-electron chi connectivity index (χ3n) is 2.05. The highest BCUT2D eigenvalue weighted by molar-refractivity contribution is 5.86. The summed E-state index contributed by atoms with van der Waals surface area (Å²) in [6.07, 6.45) is -2.14. The predicted octanol–water partition coefficient (Wildman–Crippen LogP) is 0.243. The zero-order chi connectivity index (χ0) is 12.3. The Labute approximate surface area is 93.8 Å². The van der Waals surface area contributed by atoms with E-state index in [1.165, 1.54) is 7.11 Å². The Bertz CT molecular complexity index is 285. The molecule has 1 saturated heterocycles. The Morgan fingerprint density at radius 3 is 2.12 bits per heavy atom. The van der Waals surface area contributed by atoms with E-state index in [9.17, 15) is 9.59 Å². The second-order valence-corrected chi connectivity index (χ2v) is 3.75. The van der Waals surface area contributed by atoms with E-state index >= 15 is 0 Å². The molecule has 0 spiro atoms. The van der Waals surface area contributed by atoms with Crippen molar-refractivity contribution in [2.24, 2.45) is 0 Å². The summed E-state index contributed by atoms with van der Waals surface area (Å²) >= 11 is 0. The van der Waals surface area contributed by atoms with Crippen molar-refractivity contribution >= 4 is 11.9 Å². The average Bonchev–Trinajstić information content (AvgIpc) is 2.54. The van der Waals surface area contributed by atoms with Crippen LogP contribution in [0.1, 0.15) is 20.8 Å². The van der Waals surface area contributed by atoms with Gasteiger partial charge in [0.25, 0.3) is 0 Å². The fourth-order valence-corrected chi connectivity index (χ4v) is 1.45. The molecule has 0 bridgehead atoms. The van der Waals surface area contributed by atoms with E-state index in [-0.39, 0.29) is 6.61 Å². The number of carbonyl (C=O) groups excluding carboxylic acids is 2. The molecule has 1 heterocycles. The maximum absolute atomic E-state index is 11.5. The minimum atomic E-state index is -1.07. The van der Waals surface area contributed by atoms with E-state index in [1.807, 2.05) is 0 Å². The van der Waals surface area contributed by atoms with Crippen molar-refractivity contribution in [2.75, 3.05) is 13.7 Å². The highest BCUT2D eigenvalue weighted by atomic mass is 16.8. The van der Waals surface area contributed by atoms with E-state index in [0.29, 0.717) is 0 Å². The van der Waals surface area contributed by atoms with E-state index in [4.69, 9.17) is 14.2 Å². The average molecular weight is 232 g/mol. The largest absolute Gasteiger partial charge is 0.467 e. The fourth-order valence-electron chi connectivity index (χ4n) is 1.45. The Morgan fingerprint density at radius 2 is 1.69 bits per heavy atom. The van der Waals surface area contributed by atoms with Crippen LogP contribution >= 0.6 is 0 Å². The van der Waals surface area contributed by atoms with Crippen LogP contribution in [0.5, 0.6) is 0 Å². The van der Waals surface area contributed by atoms with Crippen LogP contribution in [0.4, 0.5) is 0 Å². The van der Waals surface area contributed by atoms with Crippen molar-refractivity contribution in [1.82, 2.24) is 0 Å². The first-order valence-corrected chi connectivity index (χ1v) is 5.01. The Hall–Kier alpha value is -1.14. The molecule has 1 fully saturated rings. The van der Waals surface area contributed by atoms with E-state index in [1.54, 1.807) is 20.8 Å². The molecule has 16 heavy (non-hydrogen) atoms. The monoisotopic (exact) mass is 232 g/mol. The lowest BCUT2D eigenvalue weighted by atomic mass is 10.2. The van der Waals surface area contributed by atoms with Crippen molar-refractivity contribution in [3.63, 3.8) is 0 Å². The summed E-state index contributed by atoms with van der Waals surface area (Å²) in [5.74, 6) is -2.27. The van der Waals surface area contributed by atoms with Gasteiger partial charge in [0.2, 0.25) is 0 Å². The van der Waals surface area contributed by atoms with Gasteiger partial charge in [0.1, 0.15) is 0 Å². The van der Waals surface area contributed by atoms with Crippen molar-refractivity contribution in [3.8, 4) is 0 Å². The normalized spacial score (nSPS) is 27.5. The number of hydrogen-bond acceptors (Lipinski definition) is 6. The van der Waals surface area contributed by atoms with Crippen LogP contribution in [0, 0.1) is 0 Å². The number of methoxy groups -OCH3 is 1. The summed E-state index contributed by atoms with van der Waals surface area (Å²) in [5.41, 5.74) is 0. The van der Waals surface area contributed by atoms with Crippen LogP contribution in [0.2, 0.25) is 0 Å². The predicted molar refractivity (Wildman–Crippen MR) is 52.5 cm³/mol. The van der Waals surface area contributed by atoms with E-state index in [2.05, 4.69) is 4.74 Å². The van der Waals surface area contributed by atoms with Crippen LogP contribution in [-0.2, 0) is 28.5 Å². The molecule has 1 rings (SSSR count). The first-order chi connectivity index (χ1) is 7.41. The second-order valence-electron chi connectivity index (χ2n) is 3.75. The van der Waals surface area contributed by atoms with Gasteiger partial charge in [-0.3, -0.25) is 0 Å². The lowest BCUT2D eigenvalue weighted by Gasteiger charge is -2.15. The molecule has 0 aromatic carbocycles. The van der Waals surface area contributed by atoms with Crippen molar-refractivity contribution < 1.29 is 28.5 Å². The van der Waals surface area contributed by atoms with Crippen molar-refractivity contribution in [3.05, 3.63) is 0 Å². The maximum atomic E-state index is 11.5. The van der Waals surface area contributed by atoms with Gasteiger partial charge in [-0.15, -0.1) is 0 Å². The zero-order valence-electron chi connectivity index (χ0n) is 9.81. The van der Waals surface area contributed by atoms with E-state index in [0.717, 1.165) is 0 Å². The summed E-state index contributed by atoms with van der Waals surface area (Å²) in [7, 11) is 1.22. The topological polar surface area (TPSA) is 71.1 Å². The third-order valence-corrected chi connectivity index (χ3v) is 2.05. The zero-order valence-corrected chi connectivity index (χ0v) is 9.81.